The monoisotopic (exact) mass is 324 g/mol. The van der Waals surface area contributed by atoms with Crippen molar-refractivity contribution >= 4 is 17.3 Å². The zero-order valence-electron chi connectivity index (χ0n) is 13.8. The summed E-state index contributed by atoms with van der Waals surface area (Å²) in [4.78, 5) is 18.8. The van der Waals surface area contributed by atoms with Crippen molar-refractivity contribution in [1.29, 1.82) is 0 Å². The average Bonchev–Trinajstić information content (AvgIpc) is 2.64. The number of hydrogen-bond acceptors (Lipinski definition) is 4. The summed E-state index contributed by atoms with van der Waals surface area (Å²) in [7, 11) is 0. The van der Waals surface area contributed by atoms with Gasteiger partial charge >= 0.3 is 0 Å². The summed E-state index contributed by atoms with van der Waals surface area (Å²) in [5.74, 6) is 0.197. The standard InChI is InChI=1S/C19H24N4O/c20-10-5-15-1-3-17(4-2-15)22-19(24)16-8-13-23(14-9-16)18-6-11-21-12-7-18/h1-4,6-7,11-12,16H,5,8-10,13-14,20H2,(H,22,24). The smallest absolute Gasteiger partial charge is 0.227 e. The number of pyridine rings is 1. The number of carbonyl (C=O) groups excluding carboxylic acids is 1. The summed E-state index contributed by atoms with van der Waals surface area (Å²) in [5.41, 5.74) is 8.79. The van der Waals surface area contributed by atoms with E-state index in [4.69, 9.17) is 5.73 Å². The molecular formula is C19H24N4O. The van der Waals surface area contributed by atoms with E-state index in [1.165, 1.54) is 11.3 Å². The molecule has 0 spiro atoms. The Morgan fingerprint density at radius 1 is 1.12 bits per heavy atom. The van der Waals surface area contributed by atoms with Crippen LogP contribution in [0.25, 0.3) is 0 Å². The Morgan fingerprint density at radius 2 is 1.79 bits per heavy atom. The predicted octanol–water partition coefficient (Wildman–Crippen LogP) is 2.44. The minimum Gasteiger partial charge on any atom is -0.371 e. The summed E-state index contributed by atoms with van der Waals surface area (Å²) in [6, 6.07) is 12.0. The molecule has 1 saturated heterocycles. The Bertz CT molecular complexity index is 649. The van der Waals surface area contributed by atoms with Gasteiger partial charge < -0.3 is 16.0 Å². The third kappa shape index (κ3) is 4.11. The van der Waals surface area contributed by atoms with E-state index in [1.807, 2.05) is 48.8 Å². The SMILES string of the molecule is NCCc1ccc(NC(=O)C2CCN(c3ccncc3)CC2)cc1. The van der Waals surface area contributed by atoms with Crippen molar-refractivity contribution in [2.24, 2.45) is 11.7 Å². The van der Waals surface area contributed by atoms with Gasteiger partial charge in [-0.25, -0.2) is 0 Å². The molecule has 0 bridgehead atoms. The Balaban J connectivity index is 1.51. The summed E-state index contributed by atoms with van der Waals surface area (Å²) in [6.07, 6.45) is 6.23. The van der Waals surface area contributed by atoms with Gasteiger partial charge in [-0.05, 0) is 55.6 Å². The summed E-state index contributed by atoms with van der Waals surface area (Å²) in [5, 5.41) is 3.04. The molecule has 1 aromatic carbocycles. The van der Waals surface area contributed by atoms with E-state index >= 15 is 0 Å². The lowest BCUT2D eigenvalue weighted by molar-refractivity contribution is -0.120. The van der Waals surface area contributed by atoms with E-state index in [0.29, 0.717) is 6.54 Å². The molecule has 1 fully saturated rings. The van der Waals surface area contributed by atoms with Crippen molar-refractivity contribution in [2.45, 2.75) is 19.3 Å². The zero-order chi connectivity index (χ0) is 16.8. The molecule has 2 aromatic rings. The molecule has 1 aromatic heterocycles. The van der Waals surface area contributed by atoms with Gasteiger partial charge in [-0.2, -0.15) is 0 Å². The van der Waals surface area contributed by atoms with Gasteiger partial charge in [0.2, 0.25) is 5.91 Å². The lowest BCUT2D eigenvalue weighted by atomic mass is 9.95. The first-order chi connectivity index (χ1) is 11.8. The third-order valence-corrected chi connectivity index (χ3v) is 4.55. The van der Waals surface area contributed by atoms with E-state index < -0.39 is 0 Å². The van der Waals surface area contributed by atoms with E-state index in [1.54, 1.807) is 0 Å². The Hall–Kier alpha value is -2.40. The molecule has 0 unspecified atom stereocenters. The fraction of sp³-hybridized carbons (Fsp3) is 0.368. The molecule has 24 heavy (non-hydrogen) atoms. The maximum absolute atomic E-state index is 12.5. The van der Waals surface area contributed by atoms with Crippen LogP contribution in [0.1, 0.15) is 18.4 Å². The van der Waals surface area contributed by atoms with Crippen LogP contribution in [0.15, 0.2) is 48.8 Å². The van der Waals surface area contributed by atoms with Gasteiger partial charge in [0.15, 0.2) is 0 Å². The summed E-state index contributed by atoms with van der Waals surface area (Å²) >= 11 is 0. The van der Waals surface area contributed by atoms with Crippen LogP contribution < -0.4 is 16.0 Å². The van der Waals surface area contributed by atoms with Gasteiger partial charge in [-0.1, -0.05) is 12.1 Å². The van der Waals surface area contributed by atoms with Crippen LogP contribution in [0, 0.1) is 5.92 Å². The number of hydrogen-bond donors (Lipinski definition) is 2. The Morgan fingerprint density at radius 3 is 2.42 bits per heavy atom. The highest BCUT2D eigenvalue weighted by molar-refractivity contribution is 5.92. The fourth-order valence-electron chi connectivity index (χ4n) is 3.12. The molecule has 5 heteroatoms. The number of rotatable bonds is 5. The van der Waals surface area contributed by atoms with Crippen molar-refractivity contribution in [3.05, 3.63) is 54.4 Å². The summed E-state index contributed by atoms with van der Waals surface area (Å²) < 4.78 is 0. The molecule has 0 atom stereocenters. The van der Waals surface area contributed by atoms with Crippen molar-refractivity contribution < 1.29 is 4.79 Å². The van der Waals surface area contributed by atoms with Crippen LogP contribution in [0.4, 0.5) is 11.4 Å². The van der Waals surface area contributed by atoms with Gasteiger partial charge in [0, 0.05) is 42.8 Å². The zero-order valence-corrected chi connectivity index (χ0v) is 13.8. The van der Waals surface area contributed by atoms with Crippen LogP contribution in [-0.2, 0) is 11.2 Å². The quantitative estimate of drug-likeness (QED) is 0.886. The molecule has 1 amide bonds. The first kappa shape index (κ1) is 16.5. The van der Waals surface area contributed by atoms with Crippen molar-refractivity contribution in [3.8, 4) is 0 Å². The molecule has 0 radical (unpaired) electrons. The van der Waals surface area contributed by atoms with E-state index in [-0.39, 0.29) is 11.8 Å². The molecule has 0 aliphatic carbocycles. The summed E-state index contributed by atoms with van der Waals surface area (Å²) in [6.45, 7) is 2.44. The molecule has 126 valence electrons. The molecule has 1 aliphatic rings. The lowest BCUT2D eigenvalue weighted by Gasteiger charge is -2.32. The van der Waals surface area contributed by atoms with Gasteiger partial charge in [0.05, 0.1) is 0 Å². The maximum Gasteiger partial charge on any atom is 0.227 e. The van der Waals surface area contributed by atoms with Crippen LogP contribution in [0.5, 0.6) is 0 Å². The maximum atomic E-state index is 12.5. The van der Waals surface area contributed by atoms with Crippen molar-refractivity contribution in [1.82, 2.24) is 4.98 Å². The molecular weight excluding hydrogens is 300 g/mol. The number of nitrogens with two attached hydrogens (primary N) is 1. The number of carbonyl (C=O) groups is 1. The van der Waals surface area contributed by atoms with E-state index in [9.17, 15) is 4.79 Å². The minimum atomic E-state index is 0.0757. The van der Waals surface area contributed by atoms with E-state index in [0.717, 1.165) is 38.0 Å². The first-order valence-corrected chi connectivity index (χ1v) is 8.51. The molecule has 1 aliphatic heterocycles. The molecule has 3 N–H and O–H groups in total. The lowest BCUT2D eigenvalue weighted by Crippen LogP contribution is -2.38. The number of benzene rings is 1. The van der Waals surface area contributed by atoms with Crippen molar-refractivity contribution in [2.75, 3.05) is 29.9 Å². The second kappa shape index (κ2) is 7.93. The molecule has 5 nitrogen and oxygen atoms in total. The molecule has 3 rings (SSSR count). The highest BCUT2D eigenvalue weighted by Crippen LogP contribution is 2.24. The highest BCUT2D eigenvalue weighted by Gasteiger charge is 2.25. The minimum absolute atomic E-state index is 0.0757. The van der Waals surface area contributed by atoms with Crippen LogP contribution in [0.3, 0.4) is 0 Å². The third-order valence-electron chi connectivity index (χ3n) is 4.55. The topological polar surface area (TPSA) is 71.2 Å². The molecule has 0 saturated carbocycles. The second-order valence-corrected chi connectivity index (χ2v) is 6.19. The average molecular weight is 324 g/mol. The Kier molecular flexibility index (Phi) is 5.43. The number of nitrogens with zero attached hydrogens (tertiary/aromatic N) is 2. The number of piperidine rings is 1. The van der Waals surface area contributed by atoms with Crippen LogP contribution >= 0.6 is 0 Å². The fourth-order valence-corrected chi connectivity index (χ4v) is 3.12. The first-order valence-electron chi connectivity index (χ1n) is 8.51. The largest absolute Gasteiger partial charge is 0.371 e. The van der Waals surface area contributed by atoms with Crippen molar-refractivity contribution in [3.63, 3.8) is 0 Å². The predicted molar refractivity (Wildman–Crippen MR) is 97.0 cm³/mol. The normalized spacial score (nSPS) is 15.3. The van der Waals surface area contributed by atoms with Gasteiger partial charge in [-0.3, -0.25) is 9.78 Å². The second-order valence-electron chi connectivity index (χ2n) is 6.19. The van der Waals surface area contributed by atoms with E-state index in [2.05, 4.69) is 15.2 Å². The van der Waals surface area contributed by atoms with Crippen LogP contribution in [0.2, 0.25) is 0 Å². The number of anilines is 2. The number of nitrogens with one attached hydrogen (secondary N) is 1. The Labute approximate surface area is 142 Å². The number of aromatic nitrogens is 1. The number of amides is 1. The highest BCUT2D eigenvalue weighted by atomic mass is 16.1. The van der Waals surface area contributed by atoms with Gasteiger partial charge in [0.25, 0.3) is 0 Å². The molecule has 2 heterocycles. The van der Waals surface area contributed by atoms with Crippen LogP contribution in [-0.4, -0.2) is 30.5 Å². The van der Waals surface area contributed by atoms with Gasteiger partial charge in [0.1, 0.15) is 0 Å². The van der Waals surface area contributed by atoms with Gasteiger partial charge in [-0.15, -0.1) is 0 Å².